The first-order valence-corrected chi connectivity index (χ1v) is 6.41. The van der Waals surface area contributed by atoms with E-state index < -0.39 is 23.1 Å². The Hall–Kier alpha value is -1.95. The number of rotatable bonds is 2. The van der Waals surface area contributed by atoms with E-state index in [1.807, 2.05) is 0 Å². The largest absolute Gasteiger partial charge is 0.508 e. The highest BCUT2D eigenvalue weighted by atomic mass is 79.9. The average molecular weight is 342 g/mol. The Labute approximate surface area is 122 Å². The topological polar surface area (TPSA) is 40.5 Å². The summed E-state index contributed by atoms with van der Waals surface area (Å²) in [6.45, 7) is 0. The maximum absolute atomic E-state index is 13.7. The number of benzene rings is 2. The lowest BCUT2D eigenvalue weighted by Crippen LogP contribution is -2.28. The molecule has 0 atom stereocenters. The summed E-state index contributed by atoms with van der Waals surface area (Å²) < 4.78 is 27.7. The Morgan fingerprint density at radius 1 is 1.15 bits per heavy atom. The van der Waals surface area contributed by atoms with Crippen LogP contribution in [0.1, 0.15) is 10.4 Å². The van der Waals surface area contributed by atoms with E-state index in [2.05, 4.69) is 15.9 Å². The van der Waals surface area contributed by atoms with E-state index in [1.54, 1.807) is 0 Å². The van der Waals surface area contributed by atoms with Gasteiger partial charge in [-0.1, -0.05) is 15.9 Å². The summed E-state index contributed by atoms with van der Waals surface area (Å²) in [5.74, 6) is -2.64. The third-order valence-corrected chi connectivity index (χ3v) is 3.22. The van der Waals surface area contributed by atoms with Crippen LogP contribution >= 0.6 is 15.9 Å². The van der Waals surface area contributed by atoms with Crippen molar-refractivity contribution in [3.05, 3.63) is 58.1 Å². The Morgan fingerprint density at radius 3 is 2.15 bits per heavy atom. The third-order valence-electron chi connectivity index (χ3n) is 2.76. The maximum Gasteiger partial charge on any atom is 0.263 e. The molecule has 0 aromatic heterocycles. The highest BCUT2D eigenvalue weighted by Crippen LogP contribution is 2.24. The van der Waals surface area contributed by atoms with E-state index in [0.717, 1.165) is 17.0 Å². The highest BCUT2D eigenvalue weighted by Gasteiger charge is 2.22. The molecule has 0 saturated carbocycles. The molecule has 3 nitrogen and oxygen atoms in total. The highest BCUT2D eigenvalue weighted by molar-refractivity contribution is 9.10. The van der Waals surface area contributed by atoms with Gasteiger partial charge in [-0.15, -0.1) is 0 Å². The summed E-state index contributed by atoms with van der Waals surface area (Å²) in [6.07, 6.45) is 0. The minimum atomic E-state index is -0.937. The predicted octanol–water partition coefficient (Wildman–Crippen LogP) is 3.71. The Balaban J connectivity index is 2.39. The molecule has 0 aliphatic heterocycles. The fourth-order valence-electron chi connectivity index (χ4n) is 1.71. The Morgan fingerprint density at radius 2 is 1.65 bits per heavy atom. The molecule has 2 aromatic rings. The van der Waals surface area contributed by atoms with E-state index in [-0.39, 0.29) is 10.2 Å². The standard InChI is InChI=1S/C14H10BrF2NO2/c1-18(9-2-4-10(19)5-3-9)14(20)13-11(16)6-8(15)7-12(13)17/h2-7,19H,1H3. The van der Waals surface area contributed by atoms with Crippen molar-refractivity contribution < 1.29 is 18.7 Å². The molecule has 0 aliphatic rings. The van der Waals surface area contributed by atoms with Crippen LogP contribution in [-0.2, 0) is 0 Å². The second-order valence-electron chi connectivity index (χ2n) is 4.13. The molecule has 0 saturated heterocycles. The van der Waals surface area contributed by atoms with Gasteiger partial charge in [-0.2, -0.15) is 0 Å². The van der Waals surface area contributed by atoms with Crippen molar-refractivity contribution >= 4 is 27.5 Å². The van der Waals surface area contributed by atoms with Gasteiger partial charge in [0.1, 0.15) is 22.9 Å². The number of amides is 1. The molecule has 20 heavy (non-hydrogen) atoms. The van der Waals surface area contributed by atoms with Gasteiger partial charge in [0.15, 0.2) is 0 Å². The predicted molar refractivity (Wildman–Crippen MR) is 74.9 cm³/mol. The van der Waals surface area contributed by atoms with Gasteiger partial charge in [-0.25, -0.2) is 8.78 Å². The number of phenols is 1. The molecule has 0 radical (unpaired) electrons. The van der Waals surface area contributed by atoms with E-state index in [0.29, 0.717) is 5.69 Å². The summed E-state index contributed by atoms with van der Waals surface area (Å²) in [5, 5.41) is 9.18. The number of carbonyl (C=O) groups excluding carboxylic acids is 1. The molecule has 104 valence electrons. The Bertz CT molecular complexity index is 636. The number of halogens is 3. The fraction of sp³-hybridized carbons (Fsp3) is 0.0714. The van der Waals surface area contributed by atoms with Crippen molar-refractivity contribution in [3.63, 3.8) is 0 Å². The van der Waals surface area contributed by atoms with Gasteiger partial charge in [0, 0.05) is 17.2 Å². The molecule has 0 spiro atoms. The zero-order valence-electron chi connectivity index (χ0n) is 10.4. The molecule has 2 aromatic carbocycles. The second-order valence-corrected chi connectivity index (χ2v) is 5.04. The third kappa shape index (κ3) is 2.80. The number of nitrogens with zero attached hydrogens (tertiary/aromatic N) is 1. The van der Waals surface area contributed by atoms with Crippen LogP contribution in [0.15, 0.2) is 40.9 Å². The van der Waals surface area contributed by atoms with Crippen LogP contribution in [0.4, 0.5) is 14.5 Å². The van der Waals surface area contributed by atoms with Gasteiger partial charge in [0.2, 0.25) is 0 Å². The van der Waals surface area contributed by atoms with Gasteiger partial charge >= 0.3 is 0 Å². The molecular weight excluding hydrogens is 332 g/mol. The van der Waals surface area contributed by atoms with Crippen molar-refractivity contribution in [3.8, 4) is 5.75 Å². The summed E-state index contributed by atoms with van der Waals surface area (Å²) >= 11 is 2.95. The summed E-state index contributed by atoms with van der Waals surface area (Å²) in [4.78, 5) is 13.3. The van der Waals surface area contributed by atoms with Gasteiger partial charge in [-0.3, -0.25) is 4.79 Å². The smallest absolute Gasteiger partial charge is 0.263 e. The zero-order valence-corrected chi connectivity index (χ0v) is 12.0. The van der Waals surface area contributed by atoms with Crippen LogP contribution in [0.2, 0.25) is 0 Å². The van der Waals surface area contributed by atoms with Gasteiger partial charge in [-0.05, 0) is 36.4 Å². The number of aromatic hydroxyl groups is 1. The van der Waals surface area contributed by atoms with Crippen LogP contribution in [0, 0.1) is 11.6 Å². The van der Waals surface area contributed by atoms with Gasteiger partial charge in [0.25, 0.3) is 5.91 Å². The second kappa shape index (κ2) is 5.58. The van der Waals surface area contributed by atoms with Crippen LogP contribution in [-0.4, -0.2) is 18.1 Å². The van der Waals surface area contributed by atoms with Crippen LogP contribution < -0.4 is 4.90 Å². The number of hydrogen-bond donors (Lipinski definition) is 1. The van der Waals surface area contributed by atoms with Crippen LogP contribution in [0.25, 0.3) is 0 Å². The number of anilines is 1. The lowest BCUT2D eigenvalue weighted by atomic mass is 10.1. The number of hydrogen-bond acceptors (Lipinski definition) is 2. The zero-order chi connectivity index (χ0) is 14.9. The SMILES string of the molecule is CN(C(=O)c1c(F)cc(Br)cc1F)c1ccc(O)cc1. The van der Waals surface area contributed by atoms with Crippen molar-refractivity contribution in [2.24, 2.45) is 0 Å². The molecule has 0 heterocycles. The van der Waals surface area contributed by atoms with Crippen molar-refractivity contribution in [1.82, 2.24) is 0 Å². The van der Waals surface area contributed by atoms with Crippen molar-refractivity contribution in [1.29, 1.82) is 0 Å². The monoisotopic (exact) mass is 341 g/mol. The average Bonchev–Trinajstić information content (AvgIpc) is 2.37. The fourth-order valence-corrected chi connectivity index (χ4v) is 2.11. The van der Waals surface area contributed by atoms with E-state index in [9.17, 15) is 18.7 Å². The molecule has 2 rings (SSSR count). The molecule has 1 N–H and O–H groups in total. The lowest BCUT2D eigenvalue weighted by molar-refractivity contribution is 0.0985. The molecule has 0 unspecified atom stereocenters. The molecule has 1 amide bonds. The quantitative estimate of drug-likeness (QED) is 0.904. The van der Waals surface area contributed by atoms with Crippen molar-refractivity contribution in [2.75, 3.05) is 11.9 Å². The summed E-state index contributed by atoms with van der Waals surface area (Å²) in [5.41, 5.74) is -0.210. The molecule has 0 fully saturated rings. The maximum atomic E-state index is 13.7. The molecular formula is C14H10BrF2NO2. The molecule has 6 heteroatoms. The van der Waals surface area contributed by atoms with Crippen LogP contribution in [0.5, 0.6) is 5.75 Å². The summed E-state index contributed by atoms with van der Waals surface area (Å²) in [7, 11) is 1.40. The summed E-state index contributed by atoms with van der Waals surface area (Å²) in [6, 6.07) is 7.77. The van der Waals surface area contributed by atoms with E-state index in [1.165, 1.54) is 31.3 Å². The lowest BCUT2D eigenvalue weighted by Gasteiger charge is -2.18. The van der Waals surface area contributed by atoms with E-state index in [4.69, 9.17) is 0 Å². The first kappa shape index (κ1) is 14.5. The number of phenolic OH excluding ortho intramolecular Hbond substituents is 1. The first-order valence-electron chi connectivity index (χ1n) is 5.62. The van der Waals surface area contributed by atoms with Crippen LogP contribution in [0.3, 0.4) is 0 Å². The molecule has 0 bridgehead atoms. The number of carbonyl (C=O) groups is 1. The van der Waals surface area contributed by atoms with E-state index >= 15 is 0 Å². The minimum absolute atomic E-state index is 0.0376. The van der Waals surface area contributed by atoms with Crippen molar-refractivity contribution in [2.45, 2.75) is 0 Å². The molecule has 0 aliphatic carbocycles. The van der Waals surface area contributed by atoms with Gasteiger partial charge < -0.3 is 10.0 Å². The normalized spacial score (nSPS) is 10.4. The van der Waals surface area contributed by atoms with Gasteiger partial charge in [0.05, 0.1) is 0 Å². The minimum Gasteiger partial charge on any atom is -0.508 e. The Kier molecular flexibility index (Phi) is 4.04. The first-order chi connectivity index (χ1) is 9.40.